The highest BCUT2D eigenvalue weighted by atomic mass is 32.2. The van der Waals surface area contributed by atoms with E-state index >= 15 is 0 Å². The topological polar surface area (TPSA) is 70.8 Å². The second-order valence-electron chi connectivity index (χ2n) is 7.65. The summed E-state index contributed by atoms with van der Waals surface area (Å²) < 4.78 is 29.1. The number of hydrogen-bond donors (Lipinski definition) is 0. The van der Waals surface area contributed by atoms with E-state index < -0.39 is 9.84 Å². The lowest BCUT2D eigenvalue weighted by molar-refractivity contribution is -0.134. The number of rotatable bonds is 3. The van der Waals surface area contributed by atoms with E-state index in [-0.39, 0.29) is 23.3 Å². The fraction of sp³-hybridized carbons (Fsp3) is 0.550. The molecule has 1 aromatic carbocycles. The van der Waals surface area contributed by atoms with Crippen LogP contribution in [0.1, 0.15) is 31.4 Å². The number of sulfone groups is 1. The molecule has 146 valence electrons. The molecule has 1 atom stereocenters. The molecule has 0 N–H and O–H groups in total. The highest BCUT2D eigenvalue weighted by Gasteiger charge is 2.32. The van der Waals surface area contributed by atoms with Gasteiger partial charge in [0.1, 0.15) is 11.3 Å². The van der Waals surface area contributed by atoms with Crippen LogP contribution in [0.3, 0.4) is 0 Å². The molecule has 0 saturated carbocycles. The van der Waals surface area contributed by atoms with E-state index in [4.69, 9.17) is 4.42 Å². The molecule has 2 aromatic rings. The molecule has 4 rings (SSSR count). The molecule has 1 amide bonds. The molecule has 1 unspecified atom stereocenters. The van der Waals surface area contributed by atoms with Crippen LogP contribution in [0.4, 0.5) is 0 Å². The summed E-state index contributed by atoms with van der Waals surface area (Å²) in [6.45, 7) is 4.59. The third-order valence-corrected chi connectivity index (χ3v) is 7.52. The van der Waals surface area contributed by atoms with Crippen molar-refractivity contribution in [2.24, 2.45) is 0 Å². The van der Waals surface area contributed by atoms with Gasteiger partial charge < -0.3 is 9.32 Å². The molecule has 2 aliphatic heterocycles. The first-order valence-corrected chi connectivity index (χ1v) is 11.5. The Labute approximate surface area is 160 Å². The molecule has 0 aliphatic carbocycles. The van der Waals surface area contributed by atoms with Gasteiger partial charge in [0.25, 0.3) is 0 Å². The minimum Gasteiger partial charge on any atom is -0.460 e. The van der Waals surface area contributed by atoms with Gasteiger partial charge in [-0.05, 0) is 31.9 Å². The van der Waals surface area contributed by atoms with E-state index in [1.165, 1.54) is 0 Å². The van der Waals surface area contributed by atoms with Gasteiger partial charge in [0.15, 0.2) is 9.84 Å². The number of amides is 1. The molecule has 7 heteroatoms. The molecule has 3 heterocycles. The summed E-state index contributed by atoms with van der Waals surface area (Å²) >= 11 is 0. The number of hydrogen-bond acceptors (Lipinski definition) is 5. The van der Waals surface area contributed by atoms with E-state index in [1.54, 1.807) is 0 Å². The summed E-state index contributed by atoms with van der Waals surface area (Å²) in [6.07, 6.45) is 1.80. The number of piperidine rings is 1. The Kier molecular flexibility index (Phi) is 4.99. The fourth-order valence-electron chi connectivity index (χ4n) is 4.15. The van der Waals surface area contributed by atoms with Crippen molar-refractivity contribution in [1.82, 2.24) is 9.80 Å². The molecular formula is C20H26N2O4S. The van der Waals surface area contributed by atoms with Crippen molar-refractivity contribution >= 4 is 26.7 Å². The standard InChI is InChI=1S/C20H26N2O4S/c1-15(19-14-16-4-2-3-5-18(16)26-19)20(23)22-8-6-17(7-9-22)21-10-12-27(24,25)13-11-21/h2-5,14-15,17H,6-13H2,1H3. The van der Waals surface area contributed by atoms with Crippen LogP contribution in [-0.4, -0.2) is 67.9 Å². The van der Waals surface area contributed by atoms with Crippen LogP contribution in [0.5, 0.6) is 0 Å². The van der Waals surface area contributed by atoms with Crippen molar-refractivity contribution in [2.75, 3.05) is 37.7 Å². The van der Waals surface area contributed by atoms with Crippen LogP contribution in [0.2, 0.25) is 0 Å². The lowest BCUT2D eigenvalue weighted by Gasteiger charge is -2.40. The molecule has 0 bridgehead atoms. The Balaban J connectivity index is 1.35. The maximum Gasteiger partial charge on any atom is 0.233 e. The highest BCUT2D eigenvalue weighted by Crippen LogP contribution is 2.28. The average molecular weight is 391 g/mol. The molecule has 27 heavy (non-hydrogen) atoms. The zero-order valence-corrected chi connectivity index (χ0v) is 16.5. The summed E-state index contributed by atoms with van der Waals surface area (Å²) in [6, 6.07) is 10.1. The van der Waals surface area contributed by atoms with Gasteiger partial charge in [-0.3, -0.25) is 9.69 Å². The Morgan fingerprint density at radius 3 is 2.44 bits per heavy atom. The van der Waals surface area contributed by atoms with Gasteiger partial charge in [-0.2, -0.15) is 0 Å². The Hall–Kier alpha value is -1.86. The van der Waals surface area contributed by atoms with Gasteiger partial charge in [0, 0.05) is 37.6 Å². The van der Waals surface area contributed by atoms with Gasteiger partial charge in [-0.1, -0.05) is 18.2 Å². The Morgan fingerprint density at radius 2 is 1.78 bits per heavy atom. The van der Waals surface area contributed by atoms with Crippen molar-refractivity contribution in [1.29, 1.82) is 0 Å². The lowest BCUT2D eigenvalue weighted by atomic mass is 10.00. The SMILES string of the molecule is CC(C(=O)N1CCC(N2CCS(=O)(=O)CC2)CC1)c1cc2ccccc2o1. The maximum atomic E-state index is 12.9. The van der Waals surface area contributed by atoms with Crippen LogP contribution in [-0.2, 0) is 14.6 Å². The summed E-state index contributed by atoms with van der Waals surface area (Å²) in [7, 11) is -2.85. The smallest absolute Gasteiger partial charge is 0.233 e. The monoisotopic (exact) mass is 390 g/mol. The second-order valence-corrected chi connectivity index (χ2v) is 9.96. The van der Waals surface area contributed by atoms with E-state index in [0.29, 0.717) is 24.9 Å². The van der Waals surface area contributed by atoms with Crippen LogP contribution >= 0.6 is 0 Å². The number of fused-ring (bicyclic) bond motifs is 1. The fourth-order valence-corrected chi connectivity index (χ4v) is 5.38. The molecule has 2 saturated heterocycles. The van der Waals surface area contributed by atoms with Gasteiger partial charge in [0.2, 0.25) is 5.91 Å². The molecule has 2 aliphatic rings. The number of likely N-dealkylation sites (tertiary alicyclic amines) is 1. The summed E-state index contributed by atoms with van der Waals surface area (Å²) in [5, 5.41) is 1.02. The molecular weight excluding hydrogens is 364 g/mol. The lowest BCUT2D eigenvalue weighted by Crippen LogP contribution is -2.51. The Bertz CT molecular complexity index is 881. The first-order valence-electron chi connectivity index (χ1n) is 9.65. The minimum absolute atomic E-state index is 0.105. The average Bonchev–Trinajstić information content (AvgIpc) is 3.11. The first kappa shape index (κ1) is 18.5. The van der Waals surface area contributed by atoms with Gasteiger partial charge >= 0.3 is 0 Å². The Morgan fingerprint density at radius 1 is 1.11 bits per heavy atom. The van der Waals surface area contributed by atoms with Crippen molar-refractivity contribution < 1.29 is 17.6 Å². The summed E-state index contributed by atoms with van der Waals surface area (Å²) in [5.41, 5.74) is 0.811. The number of para-hydroxylation sites is 1. The van der Waals surface area contributed by atoms with Crippen molar-refractivity contribution in [3.8, 4) is 0 Å². The number of furan rings is 1. The quantitative estimate of drug-likeness (QED) is 0.804. The number of benzene rings is 1. The third kappa shape index (κ3) is 3.89. The van der Waals surface area contributed by atoms with Crippen LogP contribution in [0, 0.1) is 0 Å². The zero-order chi connectivity index (χ0) is 19.0. The first-order chi connectivity index (χ1) is 12.9. The van der Waals surface area contributed by atoms with Gasteiger partial charge in [-0.15, -0.1) is 0 Å². The van der Waals surface area contributed by atoms with E-state index in [0.717, 1.165) is 36.9 Å². The van der Waals surface area contributed by atoms with Gasteiger partial charge in [-0.25, -0.2) is 8.42 Å². The maximum absolute atomic E-state index is 12.9. The molecule has 0 radical (unpaired) electrons. The molecule has 1 aromatic heterocycles. The number of nitrogens with zero attached hydrogens (tertiary/aromatic N) is 2. The van der Waals surface area contributed by atoms with Crippen molar-refractivity contribution in [3.63, 3.8) is 0 Å². The van der Waals surface area contributed by atoms with Gasteiger partial charge in [0.05, 0.1) is 17.4 Å². The number of carbonyl (C=O) groups excluding carboxylic acids is 1. The largest absolute Gasteiger partial charge is 0.460 e. The summed E-state index contributed by atoms with van der Waals surface area (Å²) in [4.78, 5) is 17.1. The van der Waals surface area contributed by atoms with Crippen LogP contribution < -0.4 is 0 Å². The highest BCUT2D eigenvalue weighted by molar-refractivity contribution is 7.91. The van der Waals surface area contributed by atoms with E-state index in [2.05, 4.69) is 4.90 Å². The zero-order valence-electron chi connectivity index (χ0n) is 15.6. The predicted octanol–water partition coefficient (Wildman–Crippen LogP) is 2.26. The molecule has 6 nitrogen and oxygen atoms in total. The summed E-state index contributed by atoms with van der Waals surface area (Å²) in [5.74, 6) is 1.04. The predicted molar refractivity (Wildman–Crippen MR) is 104 cm³/mol. The van der Waals surface area contributed by atoms with Crippen molar-refractivity contribution in [2.45, 2.75) is 31.7 Å². The second kappa shape index (κ2) is 7.28. The third-order valence-electron chi connectivity index (χ3n) is 5.91. The minimum atomic E-state index is -2.85. The van der Waals surface area contributed by atoms with Crippen LogP contribution in [0.15, 0.2) is 34.7 Å². The number of carbonyl (C=O) groups is 1. The molecule has 0 spiro atoms. The van der Waals surface area contributed by atoms with Crippen molar-refractivity contribution in [3.05, 3.63) is 36.1 Å². The van der Waals surface area contributed by atoms with E-state index in [1.807, 2.05) is 42.2 Å². The molecule has 2 fully saturated rings. The van der Waals surface area contributed by atoms with E-state index in [9.17, 15) is 13.2 Å². The normalized spacial score (nSPS) is 22.8. The van der Waals surface area contributed by atoms with Crippen LogP contribution in [0.25, 0.3) is 11.0 Å².